The van der Waals surface area contributed by atoms with Crippen LogP contribution in [0.5, 0.6) is 0 Å². The Bertz CT molecular complexity index is 629. The number of nitrogens with zero attached hydrogens (tertiary/aromatic N) is 1. The minimum atomic E-state index is -0.705. The lowest BCUT2D eigenvalue weighted by molar-refractivity contribution is 0.0257. The molecule has 0 radical (unpaired) electrons. The second-order valence-corrected chi connectivity index (χ2v) is 7.72. The van der Waals surface area contributed by atoms with Crippen LogP contribution < -0.4 is 21.3 Å². The van der Waals surface area contributed by atoms with Crippen molar-refractivity contribution in [1.82, 2.24) is 16.0 Å². The van der Waals surface area contributed by atoms with Gasteiger partial charge in [0.25, 0.3) is 0 Å². The van der Waals surface area contributed by atoms with Gasteiger partial charge in [-0.25, -0.2) is 9.79 Å². The number of halogens is 1. The summed E-state index contributed by atoms with van der Waals surface area (Å²) in [6.07, 6.45) is 3.43. The predicted molar refractivity (Wildman–Crippen MR) is 137 cm³/mol. The van der Waals surface area contributed by atoms with Crippen LogP contribution >= 0.6 is 24.0 Å². The zero-order chi connectivity index (χ0) is 21.7. The number of rotatable bonds is 11. The van der Waals surface area contributed by atoms with E-state index in [0.717, 1.165) is 43.5 Å². The zero-order valence-corrected chi connectivity index (χ0v) is 21.4. The number of carbonyl (C=O) groups is 1. The topological polar surface area (TPSA) is 97.8 Å². The number of urea groups is 1. The first-order valence-electron chi connectivity index (χ1n) is 10.7. The number of hydrogen-bond donors (Lipinski definition) is 5. The van der Waals surface area contributed by atoms with Crippen LogP contribution in [-0.4, -0.2) is 41.8 Å². The summed E-state index contributed by atoms with van der Waals surface area (Å²) < 4.78 is 0. The minimum Gasteiger partial charge on any atom is -0.388 e. The minimum absolute atomic E-state index is 0. The van der Waals surface area contributed by atoms with Crippen LogP contribution in [0.2, 0.25) is 0 Å². The summed E-state index contributed by atoms with van der Waals surface area (Å²) >= 11 is 0. The second kappa shape index (κ2) is 15.3. The van der Waals surface area contributed by atoms with E-state index in [1.54, 1.807) is 0 Å². The highest BCUT2D eigenvalue weighted by Crippen LogP contribution is 2.18. The molecule has 1 rings (SSSR count). The van der Waals surface area contributed by atoms with E-state index in [1.807, 2.05) is 45.0 Å². The molecule has 0 aliphatic carbocycles. The van der Waals surface area contributed by atoms with E-state index in [1.165, 1.54) is 0 Å². The number of benzene rings is 1. The summed E-state index contributed by atoms with van der Waals surface area (Å²) in [5.74, 6) is 0.691. The summed E-state index contributed by atoms with van der Waals surface area (Å²) in [4.78, 5) is 16.4. The molecule has 0 saturated carbocycles. The molecule has 30 heavy (non-hydrogen) atoms. The summed E-state index contributed by atoms with van der Waals surface area (Å²) in [5, 5.41) is 22.9. The van der Waals surface area contributed by atoms with Gasteiger partial charge in [0, 0.05) is 24.8 Å². The van der Waals surface area contributed by atoms with Crippen molar-refractivity contribution in [2.45, 2.75) is 78.5 Å². The first-order chi connectivity index (χ1) is 13.8. The molecule has 172 valence electrons. The zero-order valence-electron chi connectivity index (χ0n) is 19.0. The maximum Gasteiger partial charge on any atom is 0.319 e. The smallest absolute Gasteiger partial charge is 0.319 e. The largest absolute Gasteiger partial charge is 0.388 e. The monoisotopic (exact) mass is 533 g/mol. The molecule has 0 fully saturated rings. The van der Waals surface area contributed by atoms with Crippen LogP contribution in [0.15, 0.2) is 29.3 Å². The molecule has 0 saturated heterocycles. The number of aliphatic hydroxyl groups is 1. The summed E-state index contributed by atoms with van der Waals surface area (Å²) in [6.45, 7) is 11.8. The average molecular weight is 533 g/mol. The number of guanidine groups is 1. The fraction of sp³-hybridized carbons (Fsp3) is 0.636. The molecule has 7 nitrogen and oxygen atoms in total. The lowest BCUT2D eigenvalue weighted by Gasteiger charge is -2.28. The van der Waals surface area contributed by atoms with E-state index in [-0.39, 0.29) is 36.0 Å². The van der Waals surface area contributed by atoms with E-state index in [4.69, 9.17) is 0 Å². The Morgan fingerprint density at radius 2 is 1.67 bits per heavy atom. The van der Waals surface area contributed by atoms with Crippen molar-refractivity contribution >= 4 is 41.7 Å². The molecular formula is C22H40IN5O2. The number of carbonyl (C=O) groups excluding carboxylic acids is 1. The molecule has 0 aliphatic heterocycles. The van der Waals surface area contributed by atoms with Crippen molar-refractivity contribution in [1.29, 1.82) is 0 Å². The van der Waals surface area contributed by atoms with Gasteiger partial charge in [-0.3, -0.25) is 0 Å². The van der Waals surface area contributed by atoms with E-state index < -0.39 is 5.60 Å². The lowest BCUT2D eigenvalue weighted by atomic mass is 9.93. The molecule has 0 aliphatic rings. The lowest BCUT2D eigenvalue weighted by Crippen LogP contribution is -2.47. The van der Waals surface area contributed by atoms with Crippen molar-refractivity contribution in [3.63, 3.8) is 0 Å². The van der Waals surface area contributed by atoms with E-state index in [9.17, 15) is 9.90 Å². The first-order valence-corrected chi connectivity index (χ1v) is 10.7. The van der Waals surface area contributed by atoms with Crippen molar-refractivity contribution < 1.29 is 9.90 Å². The van der Waals surface area contributed by atoms with Crippen molar-refractivity contribution in [2.75, 3.05) is 18.4 Å². The Hall–Kier alpha value is -1.55. The van der Waals surface area contributed by atoms with Gasteiger partial charge in [-0.15, -0.1) is 24.0 Å². The summed E-state index contributed by atoms with van der Waals surface area (Å²) in [5.41, 5.74) is 1.07. The van der Waals surface area contributed by atoms with Gasteiger partial charge in [-0.2, -0.15) is 0 Å². The number of hydrogen-bond acceptors (Lipinski definition) is 3. The highest BCUT2D eigenvalue weighted by atomic mass is 127. The standard InChI is InChI=1S/C22H39N5O2.HI/c1-6-13-22(29,14-7-2)16-25-20(23-8-3)24-15-18-9-11-19(12-10-18)27-21(28)26-17(4)5;/h9-12,17,29H,6-8,13-16H2,1-5H3,(H2,23,24,25)(H2,26,27,28);1H. The molecule has 0 heterocycles. The van der Waals surface area contributed by atoms with Crippen molar-refractivity contribution in [3.8, 4) is 0 Å². The molecule has 0 unspecified atom stereocenters. The normalized spacial score (nSPS) is 11.6. The maximum atomic E-state index is 11.8. The molecule has 0 spiro atoms. The highest BCUT2D eigenvalue weighted by molar-refractivity contribution is 14.0. The van der Waals surface area contributed by atoms with E-state index in [2.05, 4.69) is 40.1 Å². The fourth-order valence-corrected chi connectivity index (χ4v) is 3.12. The molecule has 5 N–H and O–H groups in total. The van der Waals surface area contributed by atoms with Crippen LogP contribution in [0.4, 0.5) is 10.5 Å². The van der Waals surface area contributed by atoms with Gasteiger partial charge in [0.05, 0.1) is 12.1 Å². The molecule has 0 atom stereocenters. The Morgan fingerprint density at radius 1 is 1.07 bits per heavy atom. The Kier molecular flexibility index (Phi) is 14.5. The van der Waals surface area contributed by atoms with Gasteiger partial charge in [-0.05, 0) is 51.3 Å². The maximum absolute atomic E-state index is 11.8. The first kappa shape index (κ1) is 28.5. The third-order valence-corrected chi connectivity index (χ3v) is 4.41. The van der Waals surface area contributed by atoms with Gasteiger partial charge in [0.15, 0.2) is 5.96 Å². The molecule has 1 aromatic rings. The van der Waals surface area contributed by atoms with Gasteiger partial charge in [0.2, 0.25) is 0 Å². The van der Waals surface area contributed by atoms with Crippen LogP contribution in [-0.2, 0) is 6.54 Å². The van der Waals surface area contributed by atoms with Crippen molar-refractivity contribution in [2.24, 2.45) is 4.99 Å². The average Bonchev–Trinajstić information content (AvgIpc) is 2.65. The third-order valence-electron chi connectivity index (χ3n) is 4.41. The molecule has 2 amide bonds. The molecule has 0 aromatic heterocycles. The van der Waals surface area contributed by atoms with Crippen molar-refractivity contribution in [3.05, 3.63) is 29.8 Å². The SMILES string of the molecule is CCCC(O)(CCC)CNC(=NCc1ccc(NC(=O)NC(C)C)cc1)NCC.I. The molecule has 0 bridgehead atoms. The number of anilines is 1. The highest BCUT2D eigenvalue weighted by Gasteiger charge is 2.24. The van der Waals surface area contributed by atoms with Crippen LogP contribution in [0.25, 0.3) is 0 Å². The third kappa shape index (κ3) is 11.6. The summed E-state index contributed by atoms with van der Waals surface area (Å²) in [7, 11) is 0. The number of nitrogens with one attached hydrogen (secondary N) is 4. The summed E-state index contributed by atoms with van der Waals surface area (Å²) in [6, 6.07) is 7.51. The van der Waals surface area contributed by atoms with Crippen LogP contribution in [0.1, 0.15) is 65.9 Å². The predicted octanol–water partition coefficient (Wildman–Crippen LogP) is 4.22. The van der Waals surface area contributed by atoms with Gasteiger partial charge >= 0.3 is 6.03 Å². The van der Waals surface area contributed by atoms with E-state index in [0.29, 0.717) is 19.0 Å². The molecule has 1 aromatic carbocycles. The molecule has 8 heteroatoms. The molecular weight excluding hydrogens is 493 g/mol. The fourth-order valence-electron chi connectivity index (χ4n) is 3.12. The van der Waals surface area contributed by atoms with E-state index >= 15 is 0 Å². The Labute approximate surface area is 198 Å². The Morgan fingerprint density at radius 3 is 2.17 bits per heavy atom. The van der Waals surface area contributed by atoms with Gasteiger partial charge in [-0.1, -0.05) is 38.8 Å². The number of aliphatic imine (C=N–C) groups is 1. The number of amides is 2. The van der Waals surface area contributed by atoms with Gasteiger partial charge in [0.1, 0.15) is 0 Å². The Balaban J connectivity index is 0.00000841. The quantitative estimate of drug-likeness (QED) is 0.167. The van der Waals surface area contributed by atoms with Gasteiger partial charge < -0.3 is 26.4 Å². The van der Waals surface area contributed by atoms with Crippen LogP contribution in [0.3, 0.4) is 0 Å². The van der Waals surface area contributed by atoms with Crippen LogP contribution in [0, 0.1) is 0 Å². The second-order valence-electron chi connectivity index (χ2n) is 7.72.